The van der Waals surface area contributed by atoms with Crippen LogP contribution in [0.2, 0.25) is 0 Å². The summed E-state index contributed by atoms with van der Waals surface area (Å²) in [4.78, 5) is 27.0. The van der Waals surface area contributed by atoms with E-state index in [0.29, 0.717) is 11.1 Å². The van der Waals surface area contributed by atoms with Crippen molar-refractivity contribution >= 4 is 17.5 Å². The van der Waals surface area contributed by atoms with Gasteiger partial charge in [0.05, 0.1) is 11.1 Å². The minimum atomic E-state index is -0.223. The second-order valence-corrected chi connectivity index (χ2v) is 4.89. The van der Waals surface area contributed by atoms with Crippen molar-refractivity contribution in [2.24, 2.45) is 5.73 Å². The van der Waals surface area contributed by atoms with Gasteiger partial charge in [0.2, 0.25) is 0 Å². The van der Waals surface area contributed by atoms with E-state index >= 15 is 0 Å². The molecule has 3 rings (SSSR count). The van der Waals surface area contributed by atoms with E-state index in [9.17, 15) is 9.59 Å². The number of nitrogens with zero attached hydrogens (tertiary/aromatic N) is 2. The fourth-order valence-corrected chi connectivity index (χ4v) is 2.57. The number of nitrogens with two attached hydrogens (primary N) is 1. The van der Waals surface area contributed by atoms with Gasteiger partial charge in [-0.1, -0.05) is 0 Å². The molecule has 1 atom stereocenters. The van der Waals surface area contributed by atoms with Crippen LogP contribution in [0.15, 0.2) is 18.2 Å². The second kappa shape index (κ2) is 3.81. The van der Waals surface area contributed by atoms with Crippen molar-refractivity contribution in [2.75, 3.05) is 25.0 Å². The van der Waals surface area contributed by atoms with Crippen molar-refractivity contribution in [3.05, 3.63) is 29.3 Å². The van der Waals surface area contributed by atoms with Gasteiger partial charge in [0.25, 0.3) is 11.8 Å². The third-order valence-corrected chi connectivity index (χ3v) is 3.66. The van der Waals surface area contributed by atoms with Gasteiger partial charge in [-0.3, -0.25) is 14.5 Å². The molecule has 0 radical (unpaired) electrons. The van der Waals surface area contributed by atoms with Crippen molar-refractivity contribution in [3.8, 4) is 0 Å². The predicted octanol–water partition coefficient (Wildman–Crippen LogP) is 0.450. The number of anilines is 1. The molecule has 1 saturated heterocycles. The van der Waals surface area contributed by atoms with E-state index in [1.54, 1.807) is 12.1 Å². The Labute approximate surface area is 105 Å². The van der Waals surface area contributed by atoms with Crippen LogP contribution in [0.1, 0.15) is 27.1 Å². The van der Waals surface area contributed by atoms with E-state index in [4.69, 9.17) is 5.73 Å². The van der Waals surface area contributed by atoms with E-state index in [1.807, 2.05) is 6.07 Å². The standard InChI is InChI=1S/C13H15N3O2/c1-15-12(17)10-3-2-9(6-11(10)13(15)18)16-5-4-8(14)7-16/h2-3,6,8H,4-5,7,14H2,1H3. The maximum atomic E-state index is 11.9. The number of rotatable bonds is 1. The van der Waals surface area contributed by atoms with E-state index < -0.39 is 0 Å². The van der Waals surface area contributed by atoms with E-state index in [-0.39, 0.29) is 17.9 Å². The van der Waals surface area contributed by atoms with Gasteiger partial charge in [0.15, 0.2) is 0 Å². The van der Waals surface area contributed by atoms with Gasteiger partial charge in [-0.25, -0.2) is 0 Å². The molecule has 2 aliphatic rings. The first-order valence-corrected chi connectivity index (χ1v) is 6.05. The minimum absolute atomic E-state index is 0.193. The van der Waals surface area contributed by atoms with Gasteiger partial charge in [-0.05, 0) is 24.6 Å². The van der Waals surface area contributed by atoms with Crippen molar-refractivity contribution < 1.29 is 9.59 Å². The summed E-state index contributed by atoms with van der Waals surface area (Å²) >= 11 is 0. The molecule has 2 N–H and O–H groups in total. The lowest BCUT2D eigenvalue weighted by atomic mass is 10.1. The first kappa shape index (κ1) is 11.2. The van der Waals surface area contributed by atoms with E-state index in [0.717, 1.165) is 30.1 Å². The molecule has 0 saturated carbocycles. The van der Waals surface area contributed by atoms with Crippen molar-refractivity contribution in [3.63, 3.8) is 0 Å². The summed E-state index contributed by atoms with van der Waals surface area (Å²) in [7, 11) is 1.51. The molecule has 1 unspecified atom stereocenters. The number of benzene rings is 1. The Kier molecular flexibility index (Phi) is 2.38. The van der Waals surface area contributed by atoms with Crippen LogP contribution in [0.3, 0.4) is 0 Å². The van der Waals surface area contributed by atoms with Crippen LogP contribution in [-0.2, 0) is 0 Å². The fraction of sp³-hybridized carbons (Fsp3) is 0.385. The van der Waals surface area contributed by atoms with Crippen LogP contribution in [0.25, 0.3) is 0 Å². The number of hydrogen-bond donors (Lipinski definition) is 1. The molecule has 0 spiro atoms. The first-order valence-electron chi connectivity index (χ1n) is 6.05. The molecular weight excluding hydrogens is 230 g/mol. The summed E-state index contributed by atoms with van der Waals surface area (Å²) in [5.74, 6) is -0.444. The van der Waals surface area contributed by atoms with Crippen LogP contribution in [0.5, 0.6) is 0 Å². The molecule has 0 aromatic heterocycles. The SMILES string of the molecule is CN1C(=O)c2ccc(N3CCC(N)C3)cc2C1=O. The Balaban J connectivity index is 1.98. The molecule has 1 aromatic carbocycles. The number of amides is 2. The van der Waals surface area contributed by atoms with Gasteiger partial charge < -0.3 is 10.6 Å². The van der Waals surface area contributed by atoms with Crippen molar-refractivity contribution in [1.29, 1.82) is 0 Å². The topological polar surface area (TPSA) is 66.6 Å². The third kappa shape index (κ3) is 1.51. The average Bonchev–Trinajstić information content (AvgIpc) is 2.89. The lowest BCUT2D eigenvalue weighted by Gasteiger charge is -2.18. The number of carbonyl (C=O) groups excluding carboxylic acids is 2. The molecule has 0 aliphatic carbocycles. The van der Waals surface area contributed by atoms with Crippen molar-refractivity contribution in [2.45, 2.75) is 12.5 Å². The summed E-state index contributed by atoms with van der Waals surface area (Å²) in [6.45, 7) is 1.70. The number of hydrogen-bond acceptors (Lipinski definition) is 4. The lowest BCUT2D eigenvalue weighted by molar-refractivity contribution is 0.0693. The number of imide groups is 1. The number of fused-ring (bicyclic) bond motifs is 1. The van der Waals surface area contributed by atoms with Crippen LogP contribution < -0.4 is 10.6 Å². The minimum Gasteiger partial charge on any atom is -0.370 e. The van der Waals surface area contributed by atoms with Gasteiger partial charge in [0, 0.05) is 31.9 Å². The Hall–Kier alpha value is -1.88. The summed E-state index contributed by atoms with van der Waals surface area (Å²) < 4.78 is 0. The van der Waals surface area contributed by atoms with Crippen LogP contribution >= 0.6 is 0 Å². The van der Waals surface area contributed by atoms with Crippen LogP contribution in [0, 0.1) is 0 Å². The molecule has 2 aliphatic heterocycles. The molecule has 0 bridgehead atoms. The van der Waals surface area contributed by atoms with Crippen LogP contribution in [-0.4, -0.2) is 42.9 Å². The molecule has 1 aromatic rings. The summed E-state index contributed by atoms with van der Waals surface area (Å²) in [5.41, 5.74) is 7.84. The molecule has 5 heteroatoms. The molecule has 94 valence electrons. The van der Waals surface area contributed by atoms with E-state index in [2.05, 4.69) is 4.90 Å². The van der Waals surface area contributed by atoms with Crippen molar-refractivity contribution in [1.82, 2.24) is 4.90 Å². The summed E-state index contributed by atoms with van der Waals surface area (Å²) in [6.07, 6.45) is 0.962. The monoisotopic (exact) mass is 245 g/mol. The van der Waals surface area contributed by atoms with Gasteiger partial charge in [-0.15, -0.1) is 0 Å². The van der Waals surface area contributed by atoms with Crippen LogP contribution in [0.4, 0.5) is 5.69 Å². The second-order valence-electron chi connectivity index (χ2n) is 4.89. The summed E-state index contributed by atoms with van der Waals surface area (Å²) in [5, 5.41) is 0. The van der Waals surface area contributed by atoms with Gasteiger partial charge in [0.1, 0.15) is 0 Å². The Morgan fingerprint density at radius 2 is 1.94 bits per heavy atom. The smallest absolute Gasteiger partial charge is 0.261 e. The highest BCUT2D eigenvalue weighted by Gasteiger charge is 2.33. The number of carbonyl (C=O) groups is 2. The van der Waals surface area contributed by atoms with Gasteiger partial charge in [-0.2, -0.15) is 0 Å². The van der Waals surface area contributed by atoms with E-state index in [1.165, 1.54) is 7.05 Å². The fourth-order valence-electron chi connectivity index (χ4n) is 2.57. The third-order valence-electron chi connectivity index (χ3n) is 3.66. The maximum Gasteiger partial charge on any atom is 0.261 e. The molecular formula is C13H15N3O2. The highest BCUT2D eigenvalue weighted by atomic mass is 16.2. The zero-order valence-electron chi connectivity index (χ0n) is 10.2. The Morgan fingerprint density at radius 3 is 2.61 bits per heavy atom. The molecule has 2 amide bonds. The molecule has 2 heterocycles. The molecule has 1 fully saturated rings. The summed E-state index contributed by atoms with van der Waals surface area (Å²) in [6, 6.07) is 5.62. The first-order chi connectivity index (χ1) is 8.58. The molecule has 18 heavy (non-hydrogen) atoms. The normalized spacial score (nSPS) is 22.9. The van der Waals surface area contributed by atoms with Gasteiger partial charge >= 0.3 is 0 Å². The largest absolute Gasteiger partial charge is 0.370 e. The average molecular weight is 245 g/mol. The maximum absolute atomic E-state index is 11.9. The Morgan fingerprint density at radius 1 is 1.22 bits per heavy atom. The highest BCUT2D eigenvalue weighted by Crippen LogP contribution is 2.28. The Bertz CT molecular complexity index is 541. The highest BCUT2D eigenvalue weighted by molar-refractivity contribution is 6.21. The predicted molar refractivity (Wildman–Crippen MR) is 67.7 cm³/mol. The zero-order chi connectivity index (χ0) is 12.9. The molecule has 5 nitrogen and oxygen atoms in total. The lowest BCUT2D eigenvalue weighted by Crippen LogP contribution is -2.26. The zero-order valence-corrected chi connectivity index (χ0v) is 10.2. The quantitative estimate of drug-likeness (QED) is 0.729.